The third kappa shape index (κ3) is 2.16. The zero-order chi connectivity index (χ0) is 14.4. The first kappa shape index (κ1) is 14.0. The van der Waals surface area contributed by atoms with Gasteiger partial charge in [0.05, 0.1) is 6.61 Å². The van der Waals surface area contributed by atoms with Gasteiger partial charge < -0.3 is 14.7 Å². The third-order valence-electron chi connectivity index (χ3n) is 3.19. The lowest BCUT2D eigenvalue weighted by atomic mass is 9.92. The minimum absolute atomic E-state index is 0.0153. The number of halogens is 1. The van der Waals surface area contributed by atoms with Gasteiger partial charge >= 0.3 is 0 Å². The highest BCUT2D eigenvalue weighted by atomic mass is 35.5. The molecule has 0 saturated heterocycles. The van der Waals surface area contributed by atoms with Crippen molar-refractivity contribution in [3.8, 4) is 0 Å². The van der Waals surface area contributed by atoms with Crippen molar-refractivity contribution in [2.75, 3.05) is 11.5 Å². The van der Waals surface area contributed by atoms with E-state index in [0.29, 0.717) is 11.3 Å². The Kier molecular flexibility index (Phi) is 3.42. The quantitative estimate of drug-likeness (QED) is 0.869. The molecule has 0 aromatic carbocycles. The number of nitrogens with zero attached hydrogens (tertiary/aromatic N) is 2. The third-order valence-corrected chi connectivity index (χ3v) is 3.65. The predicted molar refractivity (Wildman–Crippen MR) is 68.7 cm³/mol. The van der Waals surface area contributed by atoms with Crippen LogP contribution in [-0.2, 0) is 10.2 Å². The van der Waals surface area contributed by atoms with E-state index >= 15 is 0 Å². The monoisotopic (exact) mass is 286 g/mol. The number of aliphatic hydroxyl groups is 2. The van der Waals surface area contributed by atoms with E-state index in [1.165, 1.54) is 6.07 Å². The second-order valence-electron chi connectivity index (χ2n) is 5.14. The van der Waals surface area contributed by atoms with Crippen LogP contribution in [0.3, 0.4) is 0 Å². The van der Waals surface area contributed by atoms with Crippen LogP contribution in [0, 0.1) is 0 Å². The Bertz CT molecular complexity index is 550. The molecule has 2 heterocycles. The predicted octanol–water partition coefficient (Wildman–Crippen LogP) is 1.12. The van der Waals surface area contributed by atoms with Gasteiger partial charge in [-0.05, 0) is 6.92 Å². The van der Waals surface area contributed by atoms with Crippen LogP contribution >= 0.6 is 11.6 Å². The standard InChI is InChI=1S/C12H15ClN2O4/c1-6-9(13)11(18)15(10(6)17)8-4-7(19-14-8)12(2,3)5-16/h4,10,16-17H,5H2,1-3H3. The van der Waals surface area contributed by atoms with Crippen LogP contribution in [0.4, 0.5) is 5.82 Å². The summed E-state index contributed by atoms with van der Waals surface area (Å²) < 4.78 is 5.12. The molecule has 7 heteroatoms. The Morgan fingerprint density at radius 1 is 1.58 bits per heavy atom. The van der Waals surface area contributed by atoms with E-state index in [-0.39, 0.29) is 17.5 Å². The smallest absolute Gasteiger partial charge is 0.273 e. The lowest BCUT2D eigenvalue weighted by molar-refractivity contribution is -0.115. The summed E-state index contributed by atoms with van der Waals surface area (Å²) in [5.74, 6) is 0.0722. The maximum atomic E-state index is 11.9. The number of rotatable bonds is 3. The summed E-state index contributed by atoms with van der Waals surface area (Å²) in [6, 6.07) is 1.51. The van der Waals surface area contributed by atoms with Crippen LogP contribution in [0.15, 0.2) is 21.2 Å². The molecule has 1 aromatic rings. The molecule has 0 fully saturated rings. The molecule has 0 radical (unpaired) electrons. The Hall–Kier alpha value is -1.37. The molecule has 6 nitrogen and oxygen atoms in total. The number of aromatic nitrogens is 1. The molecule has 104 valence electrons. The molecule has 1 amide bonds. The topological polar surface area (TPSA) is 86.8 Å². The van der Waals surface area contributed by atoms with E-state index < -0.39 is 17.6 Å². The first-order valence-electron chi connectivity index (χ1n) is 5.75. The van der Waals surface area contributed by atoms with E-state index in [1.54, 1.807) is 20.8 Å². The summed E-state index contributed by atoms with van der Waals surface area (Å²) in [6.45, 7) is 4.99. The summed E-state index contributed by atoms with van der Waals surface area (Å²) in [6.07, 6.45) is -1.14. The van der Waals surface area contributed by atoms with Crippen molar-refractivity contribution in [3.05, 3.63) is 22.4 Å². The maximum absolute atomic E-state index is 11.9. The molecule has 0 bridgehead atoms. The van der Waals surface area contributed by atoms with E-state index in [9.17, 15) is 15.0 Å². The van der Waals surface area contributed by atoms with Crippen LogP contribution in [0.25, 0.3) is 0 Å². The molecule has 0 aliphatic carbocycles. The van der Waals surface area contributed by atoms with Crippen molar-refractivity contribution < 1.29 is 19.5 Å². The molecule has 1 aliphatic rings. The highest BCUT2D eigenvalue weighted by molar-refractivity contribution is 6.45. The summed E-state index contributed by atoms with van der Waals surface area (Å²) in [5.41, 5.74) is -0.247. The first-order valence-corrected chi connectivity index (χ1v) is 6.13. The largest absolute Gasteiger partial charge is 0.395 e. The van der Waals surface area contributed by atoms with E-state index in [4.69, 9.17) is 16.1 Å². The van der Waals surface area contributed by atoms with Gasteiger partial charge in [-0.1, -0.05) is 30.6 Å². The fraction of sp³-hybridized carbons (Fsp3) is 0.500. The number of hydrogen-bond acceptors (Lipinski definition) is 5. The van der Waals surface area contributed by atoms with Crippen molar-refractivity contribution in [3.63, 3.8) is 0 Å². The van der Waals surface area contributed by atoms with E-state index in [1.807, 2.05) is 0 Å². The fourth-order valence-corrected chi connectivity index (χ4v) is 1.89. The number of amides is 1. The van der Waals surface area contributed by atoms with Gasteiger partial charge in [-0.25, -0.2) is 0 Å². The van der Waals surface area contributed by atoms with Gasteiger partial charge in [-0.2, -0.15) is 0 Å². The van der Waals surface area contributed by atoms with Gasteiger partial charge in [0, 0.05) is 17.1 Å². The van der Waals surface area contributed by atoms with Gasteiger partial charge in [0.2, 0.25) is 0 Å². The minimum Gasteiger partial charge on any atom is -0.395 e. The van der Waals surface area contributed by atoms with Gasteiger partial charge in [0.25, 0.3) is 5.91 Å². The van der Waals surface area contributed by atoms with E-state index in [2.05, 4.69) is 5.16 Å². The van der Waals surface area contributed by atoms with Crippen molar-refractivity contribution >= 4 is 23.3 Å². The summed E-state index contributed by atoms with van der Waals surface area (Å²) in [7, 11) is 0. The number of aliphatic hydroxyl groups excluding tert-OH is 2. The van der Waals surface area contributed by atoms with Crippen molar-refractivity contribution in [1.82, 2.24) is 5.16 Å². The molecule has 1 aromatic heterocycles. The van der Waals surface area contributed by atoms with Crippen LogP contribution in [0.1, 0.15) is 26.5 Å². The number of anilines is 1. The lowest BCUT2D eigenvalue weighted by Crippen LogP contribution is -2.35. The number of carbonyl (C=O) groups excluding carboxylic acids is 1. The van der Waals surface area contributed by atoms with Gasteiger partial charge in [-0.15, -0.1) is 0 Å². The maximum Gasteiger partial charge on any atom is 0.273 e. The highest BCUT2D eigenvalue weighted by Gasteiger charge is 2.38. The van der Waals surface area contributed by atoms with Crippen LogP contribution in [-0.4, -0.2) is 34.1 Å². The Labute approximate surface area is 115 Å². The van der Waals surface area contributed by atoms with Gasteiger partial charge in [-0.3, -0.25) is 9.69 Å². The number of carbonyl (C=O) groups is 1. The van der Waals surface area contributed by atoms with Crippen LogP contribution < -0.4 is 4.90 Å². The molecule has 0 spiro atoms. The molecule has 2 N–H and O–H groups in total. The van der Waals surface area contributed by atoms with E-state index in [0.717, 1.165) is 4.90 Å². The summed E-state index contributed by atoms with van der Waals surface area (Å²) in [5, 5.41) is 23.0. The molecule has 2 rings (SSSR count). The number of hydrogen-bond donors (Lipinski definition) is 2. The average Bonchev–Trinajstić information content (AvgIpc) is 2.92. The summed E-state index contributed by atoms with van der Waals surface area (Å²) in [4.78, 5) is 13.0. The van der Waals surface area contributed by atoms with Crippen molar-refractivity contribution in [1.29, 1.82) is 0 Å². The Balaban J connectivity index is 2.33. The minimum atomic E-state index is -1.14. The second-order valence-corrected chi connectivity index (χ2v) is 5.52. The van der Waals surface area contributed by atoms with Crippen LogP contribution in [0.2, 0.25) is 0 Å². The zero-order valence-electron chi connectivity index (χ0n) is 10.8. The second kappa shape index (κ2) is 4.63. The fourth-order valence-electron chi connectivity index (χ4n) is 1.70. The molecule has 1 atom stereocenters. The molecular weight excluding hydrogens is 272 g/mol. The van der Waals surface area contributed by atoms with Crippen molar-refractivity contribution in [2.45, 2.75) is 32.4 Å². The lowest BCUT2D eigenvalue weighted by Gasteiger charge is -2.18. The first-order chi connectivity index (χ1) is 8.79. The molecular formula is C12H15ClN2O4. The molecule has 1 aliphatic heterocycles. The van der Waals surface area contributed by atoms with Crippen molar-refractivity contribution in [2.24, 2.45) is 0 Å². The highest BCUT2D eigenvalue weighted by Crippen LogP contribution is 2.33. The Morgan fingerprint density at radius 3 is 2.68 bits per heavy atom. The van der Waals surface area contributed by atoms with Gasteiger partial charge in [0.15, 0.2) is 12.0 Å². The summed E-state index contributed by atoms with van der Waals surface area (Å²) >= 11 is 5.81. The average molecular weight is 287 g/mol. The Morgan fingerprint density at radius 2 is 2.21 bits per heavy atom. The zero-order valence-corrected chi connectivity index (χ0v) is 11.6. The normalized spacial score (nSPS) is 20.6. The molecule has 0 saturated carbocycles. The SMILES string of the molecule is CC1=C(Cl)C(=O)N(c2cc(C(C)(C)CO)on2)C1O. The molecule has 19 heavy (non-hydrogen) atoms. The van der Waals surface area contributed by atoms with Gasteiger partial charge in [0.1, 0.15) is 10.8 Å². The van der Waals surface area contributed by atoms with Crippen LogP contribution in [0.5, 0.6) is 0 Å². The molecule has 1 unspecified atom stereocenters.